The first-order chi connectivity index (χ1) is 15.7. The number of halogens is 1. The summed E-state index contributed by atoms with van der Waals surface area (Å²) in [4.78, 5) is 0. The third-order valence-electron chi connectivity index (χ3n) is 5.76. The smallest absolute Gasteiger partial charge is 0.286 e. The van der Waals surface area contributed by atoms with Gasteiger partial charge in [0, 0.05) is 5.92 Å². The Labute approximate surface area is 203 Å². The number of benzene rings is 1. The van der Waals surface area contributed by atoms with Crippen LogP contribution >= 0.6 is 0 Å². The molecule has 0 saturated carbocycles. The van der Waals surface area contributed by atoms with Crippen molar-refractivity contribution < 1.29 is 18.6 Å². The molecule has 0 aliphatic carbocycles. The summed E-state index contributed by atoms with van der Waals surface area (Å²) in [6.45, 7) is 14.6. The van der Waals surface area contributed by atoms with Gasteiger partial charge in [0.15, 0.2) is 0 Å². The second-order valence-corrected chi connectivity index (χ2v) is 10.2. The van der Waals surface area contributed by atoms with Crippen molar-refractivity contribution in [2.24, 2.45) is 5.92 Å². The van der Waals surface area contributed by atoms with Gasteiger partial charge in [0.05, 0.1) is 18.3 Å². The van der Waals surface area contributed by atoms with Gasteiger partial charge in [-0.05, 0) is 84.9 Å². The quantitative estimate of drug-likeness (QED) is 0.150. The predicted molar refractivity (Wildman–Crippen MR) is 137 cm³/mol. The molecule has 0 aliphatic rings. The van der Waals surface area contributed by atoms with E-state index in [9.17, 15) is 4.39 Å². The van der Waals surface area contributed by atoms with E-state index < -0.39 is 5.97 Å². The molecule has 1 aromatic carbocycles. The Morgan fingerprint density at radius 3 is 1.76 bits per heavy atom. The summed E-state index contributed by atoms with van der Waals surface area (Å²) < 4.78 is 32.9. The average molecular weight is 467 g/mol. The Morgan fingerprint density at radius 2 is 1.24 bits per heavy atom. The summed E-state index contributed by atoms with van der Waals surface area (Å²) in [7, 11) is 0. The maximum atomic E-state index is 13.5. The van der Waals surface area contributed by atoms with E-state index in [4.69, 9.17) is 14.2 Å². The summed E-state index contributed by atoms with van der Waals surface area (Å²) in [5.74, 6) is -1.03. The highest BCUT2D eigenvalue weighted by Gasteiger charge is 2.44. The van der Waals surface area contributed by atoms with Crippen LogP contribution in [0.4, 0.5) is 4.39 Å². The Morgan fingerprint density at radius 1 is 0.727 bits per heavy atom. The fraction of sp³-hybridized carbons (Fsp3) is 0.793. The average Bonchev–Trinajstić information content (AvgIpc) is 2.70. The van der Waals surface area contributed by atoms with E-state index in [2.05, 4.69) is 6.92 Å². The summed E-state index contributed by atoms with van der Waals surface area (Å²) in [5, 5.41) is 0. The second-order valence-electron chi connectivity index (χ2n) is 10.2. The molecule has 1 aromatic rings. The van der Waals surface area contributed by atoms with Gasteiger partial charge in [-0.3, -0.25) is 0 Å². The number of aryl methyl sites for hydroxylation is 1. The Balaban J connectivity index is 2.90. The standard InChI is InChI=1S/C29H51FO3/c1-8-9-10-11-12-13-19-27(20-15-14-17-26-18-16-21-28(30)22-26)29(31-23(2)3,32-24(4)5)33-25(6)7/h16,18,21-25,27H,8-15,17,19-20H2,1-7H3. The molecule has 1 unspecified atom stereocenters. The maximum absolute atomic E-state index is 13.5. The third-order valence-corrected chi connectivity index (χ3v) is 5.76. The van der Waals surface area contributed by atoms with E-state index in [1.165, 1.54) is 38.2 Å². The van der Waals surface area contributed by atoms with Gasteiger partial charge >= 0.3 is 0 Å². The molecule has 0 amide bonds. The van der Waals surface area contributed by atoms with Crippen molar-refractivity contribution >= 4 is 0 Å². The molecule has 33 heavy (non-hydrogen) atoms. The molecule has 0 bridgehead atoms. The monoisotopic (exact) mass is 466 g/mol. The highest BCUT2D eigenvalue weighted by atomic mass is 19.1. The maximum Gasteiger partial charge on any atom is 0.286 e. The van der Waals surface area contributed by atoms with Gasteiger partial charge in [0.25, 0.3) is 5.97 Å². The lowest BCUT2D eigenvalue weighted by Crippen LogP contribution is -2.50. The molecule has 0 N–H and O–H groups in total. The summed E-state index contributed by atoms with van der Waals surface area (Å²) in [6, 6.07) is 6.95. The second kappa shape index (κ2) is 16.6. The van der Waals surface area contributed by atoms with Crippen molar-refractivity contribution in [3.63, 3.8) is 0 Å². The van der Waals surface area contributed by atoms with Crippen molar-refractivity contribution in [2.75, 3.05) is 0 Å². The fourth-order valence-electron chi connectivity index (χ4n) is 4.44. The van der Waals surface area contributed by atoms with Crippen molar-refractivity contribution in [1.29, 1.82) is 0 Å². The molecule has 0 aromatic heterocycles. The minimum absolute atomic E-state index is 0.00171. The zero-order valence-corrected chi connectivity index (χ0v) is 22.5. The largest absolute Gasteiger partial charge is 0.324 e. The van der Waals surface area contributed by atoms with E-state index in [0.717, 1.165) is 44.1 Å². The molecule has 0 fully saturated rings. The van der Waals surface area contributed by atoms with Crippen LogP contribution < -0.4 is 0 Å². The van der Waals surface area contributed by atoms with Crippen molar-refractivity contribution in [1.82, 2.24) is 0 Å². The molecule has 0 spiro atoms. The molecule has 0 heterocycles. The fourth-order valence-corrected chi connectivity index (χ4v) is 4.44. The summed E-state index contributed by atoms with van der Waals surface area (Å²) in [6.07, 6.45) is 12.5. The van der Waals surface area contributed by atoms with Gasteiger partial charge in [0.2, 0.25) is 0 Å². The Kier molecular flexibility index (Phi) is 15.1. The number of unbranched alkanes of at least 4 members (excludes halogenated alkanes) is 6. The zero-order valence-electron chi connectivity index (χ0n) is 22.5. The first kappa shape index (κ1) is 30.1. The van der Waals surface area contributed by atoms with Gasteiger partial charge in [-0.25, -0.2) is 4.39 Å². The van der Waals surface area contributed by atoms with Gasteiger partial charge < -0.3 is 14.2 Å². The normalized spacial score (nSPS) is 13.4. The molecular weight excluding hydrogens is 415 g/mol. The van der Waals surface area contributed by atoms with E-state index in [1.807, 2.05) is 47.6 Å². The van der Waals surface area contributed by atoms with Crippen LogP contribution in [-0.4, -0.2) is 24.3 Å². The minimum atomic E-state index is -1.03. The Bertz CT molecular complexity index is 588. The first-order valence-electron chi connectivity index (χ1n) is 13.5. The molecule has 3 nitrogen and oxygen atoms in total. The molecule has 192 valence electrons. The molecule has 1 rings (SSSR count). The van der Waals surface area contributed by atoms with Crippen LogP contribution in [-0.2, 0) is 20.6 Å². The van der Waals surface area contributed by atoms with Gasteiger partial charge in [0.1, 0.15) is 5.82 Å². The number of rotatable bonds is 19. The van der Waals surface area contributed by atoms with Crippen LogP contribution in [0.15, 0.2) is 24.3 Å². The number of hydrogen-bond donors (Lipinski definition) is 0. The van der Waals surface area contributed by atoms with Gasteiger partial charge in [-0.2, -0.15) is 0 Å². The van der Waals surface area contributed by atoms with Crippen molar-refractivity contribution in [3.8, 4) is 0 Å². The predicted octanol–water partition coefficient (Wildman–Crippen LogP) is 8.83. The molecule has 0 aliphatic heterocycles. The lowest BCUT2D eigenvalue weighted by molar-refractivity contribution is -0.433. The SMILES string of the molecule is CCCCCCCCC(CCCCc1cccc(F)c1)C(OC(C)C)(OC(C)C)OC(C)C. The summed E-state index contributed by atoms with van der Waals surface area (Å²) in [5.41, 5.74) is 1.06. The Hall–Kier alpha value is -0.970. The van der Waals surface area contributed by atoms with Gasteiger partial charge in [-0.15, -0.1) is 0 Å². The van der Waals surface area contributed by atoms with Crippen LogP contribution in [0, 0.1) is 11.7 Å². The van der Waals surface area contributed by atoms with Crippen LogP contribution in [0.5, 0.6) is 0 Å². The first-order valence-corrected chi connectivity index (χ1v) is 13.5. The molecule has 4 heteroatoms. The molecule has 0 radical (unpaired) electrons. The van der Waals surface area contributed by atoms with Crippen LogP contribution in [0.3, 0.4) is 0 Å². The molecule has 0 saturated heterocycles. The highest BCUT2D eigenvalue weighted by Crippen LogP contribution is 2.37. The number of hydrogen-bond acceptors (Lipinski definition) is 3. The van der Waals surface area contributed by atoms with Crippen molar-refractivity contribution in [3.05, 3.63) is 35.6 Å². The number of ether oxygens (including phenoxy) is 3. The summed E-state index contributed by atoms with van der Waals surface area (Å²) >= 11 is 0. The van der Waals surface area contributed by atoms with Crippen LogP contribution in [0.2, 0.25) is 0 Å². The lowest BCUT2D eigenvalue weighted by atomic mass is 9.91. The van der Waals surface area contributed by atoms with Gasteiger partial charge in [-0.1, -0.05) is 64.0 Å². The lowest BCUT2D eigenvalue weighted by Gasteiger charge is -2.43. The molecule has 1 atom stereocenters. The molecular formula is C29H51FO3. The zero-order chi connectivity index (χ0) is 24.7. The third kappa shape index (κ3) is 12.9. The van der Waals surface area contributed by atoms with E-state index in [0.29, 0.717) is 0 Å². The highest BCUT2D eigenvalue weighted by molar-refractivity contribution is 5.16. The van der Waals surface area contributed by atoms with Crippen LogP contribution in [0.1, 0.15) is 118 Å². The van der Waals surface area contributed by atoms with E-state index in [-0.39, 0.29) is 30.0 Å². The van der Waals surface area contributed by atoms with Crippen molar-refractivity contribution in [2.45, 2.75) is 143 Å². The minimum Gasteiger partial charge on any atom is -0.324 e. The van der Waals surface area contributed by atoms with Crippen LogP contribution in [0.25, 0.3) is 0 Å². The topological polar surface area (TPSA) is 27.7 Å². The van der Waals surface area contributed by atoms with E-state index in [1.54, 1.807) is 12.1 Å². The van der Waals surface area contributed by atoms with E-state index >= 15 is 0 Å².